The summed E-state index contributed by atoms with van der Waals surface area (Å²) in [6.45, 7) is 0.447. The van der Waals surface area contributed by atoms with Crippen molar-refractivity contribution in [3.63, 3.8) is 0 Å². The molecule has 6 nitrogen and oxygen atoms in total. The van der Waals surface area contributed by atoms with Crippen molar-refractivity contribution in [3.8, 4) is 11.8 Å². The second kappa shape index (κ2) is 7.79. The van der Waals surface area contributed by atoms with Crippen LogP contribution >= 0.6 is 0 Å². The first kappa shape index (κ1) is 16.3. The lowest BCUT2D eigenvalue weighted by atomic mass is 10.2. The quantitative estimate of drug-likeness (QED) is 0.753. The fraction of sp³-hybridized carbons (Fsp3) is 0.105. The Hall–Kier alpha value is -3.59. The molecule has 0 saturated carbocycles. The molecule has 0 unspecified atom stereocenters. The van der Waals surface area contributed by atoms with Gasteiger partial charge >= 0.3 is 0 Å². The van der Waals surface area contributed by atoms with Crippen molar-refractivity contribution in [1.82, 2.24) is 9.78 Å². The molecule has 1 aromatic heterocycles. The van der Waals surface area contributed by atoms with Gasteiger partial charge in [0.05, 0.1) is 24.4 Å². The smallest absolute Gasteiger partial charge is 0.263 e. The average molecular weight is 332 g/mol. The van der Waals surface area contributed by atoms with Crippen molar-refractivity contribution < 1.29 is 9.53 Å². The number of rotatable bonds is 6. The highest BCUT2D eigenvalue weighted by atomic mass is 16.5. The predicted molar refractivity (Wildman–Crippen MR) is 93.1 cm³/mol. The number of carbonyl (C=O) groups is 1. The maximum Gasteiger partial charge on any atom is 0.263 e. The van der Waals surface area contributed by atoms with Crippen LogP contribution in [0.5, 0.6) is 5.75 Å². The van der Waals surface area contributed by atoms with E-state index in [0.29, 0.717) is 23.7 Å². The summed E-state index contributed by atoms with van der Waals surface area (Å²) < 4.78 is 7.14. The van der Waals surface area contributed by atoms with Gasteiger partial charge in [0.2, 0.25) is 0 Å². The van der Waals surface area contributed by atoms with Gasteiger partial charge in [-0.05, 0) is 29.8 Å². The molecule has 1 heterocycles. The van der Waals surface area contributed by atoms with E-state index in [2.05, 4.69) is 10.4 Å². The van der Waals surface area contributed by atoms with E-state index in [0.717, 1.165) is 5.56 Å². The molecule has 0 fully saturated rings. The number of carbonyl (C=O) groups excluding carboxylic acids is 1. The fourth-order valence-electron chi connectivity index (χ4n) is 2.27. The van der Waals surface area contributed by atoms with Crippen molar-refractivity contribution in [1.29, 1.82) is 5.26 Å². The number of ether oxygens (including phenoxy) is 1. The van der Waals surface area contributed by atoms with Crippen molar-refractivity contribution >= 4 is 11.7 Å². The first-order valence-electron chi connectivity index (χ1n) is 7.73. The van der Waals surface area contributed by atoms with Crippen LogP contribution < -0.4 is 10.1 Å². The third-order valence-corrected chi connectivity index (χ3v) is 3.51. The van der Waals surface area contributed by atoms with Crippen LogP contribution in [-0.4, -0.2) is 22.3 Å². The SMILES string of the molecule is N#Cc1ccc(OCC(=O)Nc2ccnn2Cc2ccccc2)cc1. The number of hydrogen-bond acceptors (Lipinski definition) is 4. The van der Waals surface area contributed by atoms with Gasteiger partial charge in [0.1, 0.15) is 11.6 Å². The van der Waals surface area contributed by atoms with Gasteiger partial charge < -0.3 is 10.1 Å². The summed E-state index contributed by atoms with van der Waals surface area (Å²) in [6, 6.07) is 20.2. The Morgan fingerprint density at radius 2 is 1.88 bits per heavy atom. The molecule has 0 aliphatic carbocycles. The third-order valence-electron chi connectivity index (χ3n) is 3.51. The molecule has 1 N–H and O–H groups in total. The molecule has 0 aliphatic heterocycles. The van der Waals surface area contributed by atoms with Gasteiger partial charge in [-0.25, -0.2) is 4.68 Å². The zero-order chi connectivity index (χ0) is 17.5. The molecular formula is C19H16N4O2. The van der Waals surface area contributed by atoms with E-state index in [9.17, 15) is 4.79 Å². The van der Waals surface area contributed by atoms with E-state index < -0.39 is 0 Å². The van der Waals surface area contributed by atoms with Gasteiger partial charge in [-0.1, -0.05) is 30.3 Å². The number of nitrogens with one attached hydrogen (secondary N) is 1. The first-order chi connectivity index (χ1) is 12.2. The van der Waals surface area contributed by atoms with E-state index in [4.69, 9.17) is 10.00 Å². The minimum absolute atomic E-state index is 0.123. The van der Waals surface area contributed by atoms with Crippen LogP contribution in [0.2, 0.25) is 0 Å². The maximum atomic E-state index is 12.1. The first-order valence-corrected chi connectivity index (χ1v) is 7.73. The van der Waals surface area contributed by atoms with Crippen LogP contribution in [0.3, 0.4) is 0 Å². The fourth-order valence-corrected chi connectivity index (χ4v) is 2.27. The Morgan fingerprint density at radius 1 is 1.12 bits per heavy atom. The molecule has 124 valence electrons. The molecule has 3 rings (SSSR count). The second-order valence-corrected chi connectivity index (χ2v) is 5.33. The summed E-state index contributed by atoms with van der Waals surface area (Å²) in [5.74, 6) is 0.864. The van der Waals surface area contributed by atoms with Crippen molar-refractivity contribution in [2.45, 2.75) is 6.54 Å². The molecule has 6 heteroatoms. The molecule has 1 amide bonds. The van der Waals surface area contributed by atoms with E-state index >= 15 is 0 Å². The Bertz CT molecular complexity index is 880. The van der Waals surface area contributed by atoms with Gasteiger partial charge in [0.25, 0.3) is 5.91 Å². The Balaban J connectivity index is 1.56. The number of hydrogen-bond donors (Lipinski definition) is 1. The van der Waals surface area contributed by atoms with Crippen LogP contribution in [-0.2, 0) is 11.3 Å². The van der Waals surface area contributed by atoms with Crippen LogP contribution in [0.25, 0.3) is 0 Å². The molecule has 0 bridgehead atoms. The lowest BCUT2D eigenvalue weighted by molar-refractivity contribution is -0.118. The van der Waals surface area contributed by atoms with Crippen molar-refractivity contribution in [3.05, 3.63) is 78.0 Å². The molecule has 0 aliphatic rings. The summed E-state index contributed by atoms with van der Waals surface area (Å²) in [4.78, 5) is 12.1. The van der Waals surface area contributed by atoms with Gasteiger partial charge in [-0.2, -0.15) is 10.4 Å². The minimum Gasteiger partial charge on any atom is -0.484 e. The molecular weight excluding hydrogens is 316 g/mol. The number of aromatic nitrogens is 2. The average Bonchev–Trinajstić information content (AvgIpc) is 3.08. The normalized spacial score (nSPS) is 10.0. The van der Waals surface area contributed by atoms with Gasteiger partial charge in [0.15, 0.2) is 6.61 Å². The van der Waals surface area contributed by atoms with Crippen molar-refractivity contribution in [2.24, 2.45) is 0 Å². The molecule has 0 spiro atoms. The second-order valence-electron chi connectivity index (χ2n) is 5.33. The summed E-state index contributed by atoms with van der Waals surface area (Å²) in [7, 11) is 0. The van der Waals surface area contributed by atoms with E-state index in [1.54, 1.807) is 41.2 Å². The Labute approximate surface area is 145 Å². The largest absolute Gasteiger partial charge is 0.484 e. The number of anilines is 1. The molecule has 0 saturated heterocycles. The molecule has 0 atom stereocenters. The molecule has 2 aromatic carbocycles. The maximum absolute atomic E-state index is 12.1. The third kappa shape index (κ3) is 4.45. The highest BCUT2D eigenvalue weighted by molar-refractivity contribution is 5.91. The Kier molecular flexibility index (Phi) is 5.07. The standard InChI is InChI=1S/C19H16N4O2/c20-12-15-6-8-17(9-7-15)25-14-19(24)22-18-10-11-21-23(18)13-16-4-2-1-3-5-16/h1-11H,13-14H2,(H,22,24). The van der Waals surface area contributed by atoms with Crippen LogP contribution in [0, 0.1) is 11.3 Å². The zero-order valence-corrected chi connectivity index (χ0v) is 13.4. The van der Waals surface area contributed by atoms with E-state index in [-0.39, 0.29) is 12.5 Å². The zero-order valence-electron chi connectivity index (χ0n) is 13.4. The van der Waals surface area contributed by atoms with Crippen LogP contribution in [0.4, 0.5) is 5.82 Å². The van der Waals surface area contributed by atoms with Gasteiger partial charge in [-0.3, -0.25) is 4.79 Å². The highest BCUT2D eigenvalue weighted by Crippen LogP contribution is 2.13. The van der Waals surface area contributed by atoms with E-state index in [1.807, 2.05) is 36.4 Å². The molecule has 0 radical (unpaired) electrons. The lowest BCUT2D eigenvalue weighted by Crippen LogP contribution is -2.22. The Morgan fingerprint density at radius 3 is 2.60 bits per heavy atom. The predicted octanol–water partition coefficient (Wildman–Crippen LogP) is 2.82. The van der Waals surface area contributed by atoms with Gasteiger partial charge in [0, 0.05) is 6.07 Å². The summed E-state index contributed by atoms with van der Waals surface area (Å²) in [5.41, 5.74) is 1.64. The van der Waals surface area contributed by atoms with E-state index in [1.165, 1.54) is 0 Å². The van der Waals surface area contributed by atoms with Gasteiger partial charge in [-0.15, -0.1) is 0 Å². The monoisotopic (exact) mass is 332 g/mol. The number of nitriles is 1. The van der Waals surface area contributed by atoms with Crippen molar-refractivity contribution in [2.75, 3.05) is 11.9 Å². The highest BCUT2D eigenvalue weighted by Gasteiger charge is 2.08. The number of amides is 1. The van der Waals surface area contributed by atoms with Crippen LogP contribution in [0.15, 0.2) is 66.9 Å². The summed E-state index contributed by atoms with van der Waals surface area (Å²) >= 11 is 0. The summed E-state index contributed by atoms with van der Waals surface area (Å²) in [5, 5.41) is 15.8. The topological polar surface area (TPSA) is 79.9 Å². The minimum atomic E-state index is -0.279. The molecule has 25 heavy (non-hydrogen) atoms. The summed E-state index contributed by atoms with van der Waals surface area (Å²) in [6.07, 6.45) is 1.64. The number of nitrogens with zero attached hydrogens (tertiary/aromatic N) is 3. The van der Waals surface area contributed by atoms with Crippen LogP contribution in [0.1, 0.15) is 11.1 Å². The number of benzene rings is 2. The molecule has 3 aromatic rings. The lowest BCUT2D eigenvalue weighted by Gasteiger charge is -2.10.